The Balaban J connectivity index is 2.33. The maximum atomic E-state index is 13.6. The van der Waals surface area contributed by atoms with E-state index in [9.17, 15) is 22.0 Å². The van der Waals surface area contributed by atoms with Gasteiger partial charge in [0.1, 0.15) is 22.6 Å². The highest BCUT2D eigenvalue weighted by Gasteiger charge is 2.26. The zero-order valence-corrected chi connectivity index (χ0v) is 11.8. The van der Waals surface area contributed by atoms with Crippen molar-refractivity contribution in [2.45, 2.75) is 36.7 Å². The summed E-state index contributed by atoms with van der Waals surface area (Å²) in [6, 6.07) is 0.866. The van der Waals surface area contributed by atoms with Gasteiger partial charge in [0.15, 0.2) is 0 Å². The summed E-state index contributed by atoms with van der Waals surface area (Å²) in [7, 11) is 0.610. The molecule has 0 heterocycles. The van der Waals surface area contributed by atoms with Crippen LogP contribution in [0.4, 0.5) is 8.78 Å². The Morgan fingerprint density at radius 2 is 1.80 bits per heavy atom. The van der Waals surface area contributed by atoms with Crippen molar-refractivity contribution in [3.63, 3.8) is 0 Å². The van der Waals surface area contributed by atoms with Gasteiger partial charge in [0, 0.05) is 16.7 Å². The SMILES string of the molecule is O=C(OC1CCCC1)c1cc(S(=O)(=O)Cl)c(F)cc1F. The summed E-state index contributed by atoms with van der Waals surface area (Å²) in [5.74, 6) is -3.56. The fourth-order valence-electron chi connectivity index (χ4n) is 2.09. The van der Waals surface area contributed by atoms with Gasteiger partial charge in [0.05, 0.1) is 5.56 Å². The number of hydrogen-bond acceptors (Lipinski definition) is 4. The van der Waals surface area contributed by atoms with E-state index < -0.39 is 37.1 Å². The normalized spacial score (nSPS) is 16.4. The summed E-state index contributed by atoms with van der Waals surface area (Å²) in [6.07, 6.45) is 2.85. The largest absolute Gasteiger partial charge is 0.459 e. The van der Waals surface area contributed by atoms with Crippen molar-refractivity contribution in [2.75, 3.05) is 0 Å². The Bertz CT molecular complexity index is 639. The number of esters is 1. The molecular formula is C12H11ClF2O4S. The summed E-state index contributed by atoms with van der Waals surface area (Å²) in [5, 5.41) is 0. The van der Waals surface area contributed by atoms with Gasteiger partial charge in [-0.2, -0.15) is 0 Å². The van der Waals surface area contributed by atoms with Gasteiger partial charge in [-0.05, 0) is 31.7 Å². The van der Waals surface area contributed by atoms with E-state index in [2.05, 4.69) is 0 Å². The Labute approximate surface area is 119 Å². The Morgan fingerprint density at radius 1 is 1.20 bits per heavy atom. The summed E-state index contributed by atoms with van der Waals surface area (Å²) in [4.78, 5) is 10.8. The van der Waals surface area contributed by atoms with E-state index in [1.807, 2.05) is 0 Å². The van der Waals surface area contributed by atoms with Gasteiger partial charge in [-0.25, -0.2) is 22.0 Å². The van der Waals surface area contributed by atoms with Crippen LogP contribution in [0.25, 0.3) is 0 Å². The van der Waals surface area contributed by atoms with Gasteiger partial charge in [0.25, 0.3) is 9.05 Å². The van der Waals surface area contributed by atoms with Crippen molar-refractivity contribution in [1.82, 2.24) is 0 Å². The maximum absolute atomic E-state index is 13.6. The molecule has 1 saturated carbocycles. The number of halogens is 3. The lowest BCUT2D eigenvalue weighted by atomic mass is 10.2. The van der Waals surface area contributed by atoms with Crippen molar-refractivity contribution >= 4 is 25.7 Å². The quantitative estimate of drug-likeness (QED) is 0.633. The van der Waals surface area contributed by atoms with Crippen molar-refractivity contribution in [2.24, 2.45) is 0 Å². The molecule has 1 aromatic rings. The van der Waals surface area contributed by atoms with Gasteiger partial charge in [-0.3, -0.25) is 0 Å². The minimum atomic E-state index is -4.41. The minimum Gasteiger partial charge on any atom is -0.459 e. The first kappa shape index (κ1) is 15.2. The topological polar surface area (TPSA) is 60.4 Å². The predicted molar refractivity (Wildman–Crippen MR) is 67.1 cm³/mol. The molecule has 20 heavy (non-hydrogen) atoms. The number of carbonyl (C=O) groups is 1. The lowest BCUT2D eigenvalue weighted by Gasteiger charge is -2.12. The van der Waals surface area contributed by atoms with Crippen LogP contribution < -0.4 is 0 Å². The van der Waals surface area contributed by atoms with Gasteiger partial charge >= 0.3 is 5.97 Å². The molecule has 1 aliphatic carbocycles. The van der Waals surface area contributed by atoms with Crippen LogP contribution >= 0.6 is 10.7 Å². The second-order valence-corrected chi connectivity index (χ2v) is 7.05. The van der Waals surface area contributed by atoms with E-state index in [0.717, 1.165) is 12.8 Å². The average molecular weight is 325 g/mol. The highest BCUT2D eigenvalue weighted by Crippen LogP contribution is 2.26. The first-order valence-corrected chi connectivity index (χ1v) is 8.24. The zero-order valence-electron chi connectivity index (χ0n) is 10.2. The van der Waals surface area contributed by atoms with E-state index in [4.69, 9.17) is 15.4 Å². The molecule has 0 amide bonds. The molecule has 1 aromatic carbocycles. The third kappa shape index (κ3) is 3.27. The molecule has 0 aliphatic heterocycles. The number of rotatable bonds is 3. The molecule has 1 aliphatic rings. The zero-order chi connectivity index (χ0) is 14.9. The smallest absolute Gasteiger partial charge is 0.341 e. The molecule has 0 aromatic heterocycles. The molecule has 4 nitrogen and oxygen atoms in total. The summed E-state index contributed by atoms with van der Waals surface area (Å²) in [5.41, 5.74) is -0.641. The van der Waals surface area contributed by atoms with E-state index in [-0.39, 0.29) is 6.10 Å². The van der Waals surface area contributed by atoms with Crippen LogP contribution in [0.5, 0.6) is 0 Å². The number of benzene rings is 1. The van der Waals surface area contributed by atoms with Crippen molar-refractivity contribution < 1.29 is 26.7 Å². The molecule has 0 N–H and O–H groups in total. The van der Waals surface area contributed by atoms with Crippen molar-refractivity contribution in [3.05, 3.63) is 29.3 Å². The molecule has 0 saturated heterocycles. The molecule has 110 valence electrons. The van der Waals surface area contributed by atoms with Crippen LogP contribution in [-0.2, 0) is 13.8 Å². The monoisotopic (exact) mass is 324 g/mol. The molecule has 0 radical (unpaired) electrons. The fraction of sp³-hybridized carbons (Fsp3) is 0.417. The predicted octanol–water partition coefficient (Wildman–Crippen LogP) is 2.99. The van der Waals surface area contributed by atoms with Crippen LogP contribution in [-0.4, -0.2) is 20.5 Å². The fourth-order valence-corrected chi connectivity index (χ4v) is 3.00. The summed E-state index contributed by atoms with van der Waals surface area (Å²) >= 11 is 0. The lowest BCUT2D eigenvalue weighted by molar-refractivity contribution is 0.0312. The van der Waals surface area contributed by atoms with E-state index in [0.29, 0.717) is 25.0 Å². The van der Waals surface area contributed by atoms with Crippen LogP contribution in [0.15, 0.2) is 17.0 Å². The Morgan fingerprint density at radius 3 is 2.35 bits per heavy atom. The molecule has 2 rings (SSSR count). The van der Waals surface area contributed by atoms with Crippen LogP contribution in [0, 0.1) is 11.6 Å². The maximum Gasteiger partial charge on any atom is 0.341 e. The second kappa shape index (κ2) is 5.65. The summed E-state index contributed by atoms with van der Waals surface area (Å²) < 4.78 is 54.2. The van der Waals surface area contributed by atoms with Crippen LogP contribution in [0.3, 0.4) is 0 Å². The molecule has 8 heteroatoms. The Kier molecular flexibility index (Phi) is 4.29. The third-order valence-electron chi connectivity index (χ3n) is 3.08. The van der Waals surface area contributed by atoms with Gasteiger partial charge in [0.2, 0.25) is 0 Å². The molecule has 0 unspecified atom stereocenters. The average Bonchev–Trinajstić information content (AvgIpc) is 2.79. The van der Waals surface area contributed by atoms with Crippen LogP contribution in [0.2, 0.25) is 0 Å². The third-order valence-corrected chi connectivity index (χ3v) is 4.42. The lowest BCUT2D eigenvalue weighted by Crippen LogP contribution is -2.16. The standard InChI is InChI=1S/C12H11ClF2O4S/c13-20(17,18)11-5-8(9(14)6-10(11)15)12(16)19-7-3-1-2-4-7/h5-7H,1-4H2. The summed E-state index contributed by atoms with van der Waals surface area (Å²) in [6.45, 7) is 0. The van der Waals surface area contributed by atoms with E-state index >= 15 is 0 Å². The first-order valence-electron chi connectivity index (χ1n) is 5.93. The van der Waals surface area contributed by atoms with Crippen LogP contribution in [0.1, 0.15) is 36.0 Å². The number of ether oxygens (including phenoxy) is 1. The highest BCUT2D eigenvalue weighted by atomic mass is 35.7. The van der Waals surface area contributed by atoms with Crippen molar-refractivity contribution in [1.29, 1.82) is 0 Å². The molecular weight excluding hydrogens is 314 g/mol. The first-order chi connectivity index (χ1) is 9.29. The van der Waals surface area contributed by atoms with Gasteiger partial charge in [-0.15, -0.1) is 0 Å². The highest BCUT2D eigenvalue weighted by molar-refractivity contribution is 8.13. The second-order valence-electron chi connectivity index (χ2n) is 4.51. The van der Waals surface area contributed by atoms with E-state index in [1.165, 1.54) is 0 Å². The van der Waals surface area contributed by atoms with Gasteiger partial charge in [-0.1, -0.05) is 0 Å². The van der Waals surface area contributed by atoms with Crippen molar-refractivity contribution in [3.8, 4) is 0 Å². The molecule has 0 spiro atoms. The number of carbonyl (C=O) groups excluding carboxylic acids is 1. The molecule has 0 bridgehead atoms. The number of hydrogen-bond donors (Lipinski definition) is 0. The molecule has 0 atom stereocenters. The minimum absolute atomic E-state index is 0.306. The van der Waals surface area contributed by atoms with E-state index in [1.54, 1.807) is 0 Å². The molecule has 1 fully saturated rings. The van der Waals surface area contributed by atoms with Gasteiger partial charge < -0.3 is 4.74 Å². The Hall–Kier alpha value is -1.21.